The van der Waals surface area contributed by atoms with Gasteiger partial charge in [-0.25, -0.2) is 0 Å². The minimum atomic E-state index is 0.214. The lowest BCUT2D eigenvalue weighted by Crippen LogP contribution is -2.10. The molecule has 0 amide bonds. The number of hydrogen-bond acceptors (Lipinski definition) is 2. The summed E-state index contributed by atoms with van der Waals surface area (Å²) in [5, 5.41) is 0. The number of hydrogen-bond donors (Lipinski definition) is 1. The Morgan fingerprint density at radius 1 is 1.05 bits per heavy atom. The minimum absolute atomic E-state index is 0.214. The molecule has 0 aliphatic heterocycles. The minimum Gasteiger partial charge on any atom is -0.399 e. The molecule has 0 saturated carbocycles. The van der Waals surface area contributed by atoms with Gasteiger partial charge in [0.1, 0.15) is 0 Å². The second kappa shape index (κ2) is 6.23. The van der Waals surface area contributed by atoms with Crippen LogP contribution in [0.4, 0.5) is 5.69 Å². The average Bonchev–Trinajstić information content (AvgIpc) is 2.37. The summed E-state index contributed by atoms with van der Waals surface area (Å²) >= 11 is 5.38. The molecule has 0 bridgehead atoms. The molecular weight excluding hydrogens is 330 g/mol. The number of nitrogens with two attached hydrogens (primary N) is 1. The quantitative estimate of drug-likeness (QED) is 0.574. The Morgan fingerprint density at radius 3 is 2.25 bits per heavy atom. The molecule has 2 aromatic rings. The molecule has 0 spiro atoms. The summed E-state index contributed by atoms with van der Waals surface area (Å²) in [6.45, 7) is 6.72. The Hall–Kier alpha value is -0.930. The first-order valence-corrected chi connectivity index (χ1v) is 8.41. The molecule has 0 heterocycles. The van der Waals surface area contributed by atoms with Gasteiger partial charge in [0.15, 0.2) is 0 Å². The van der Waals surface area contributed by atoms with E-state index in [9.17, 15) is 0 Å². The number of benzene rings is 2. The second-order valence-electron chi connectivity index (χ2n) is 5.93. The van der Waals surface area contributed by atoms with Crippen molar-refractivity contribution in [2.24, 2.45) is 0 Å². The average molecular weight is 350 g/mol. The fraction of sp³-hybridized carbons (Fsp3) is 0.294. The summed E-state index contributed by atoms with van der Waals surface area (Å²) < 4.78 is 1.06. The van der Waals surface area contributed by atoms with E-state index in [0.717, 1.165) is 15.9 Å². The summed E-state index contributed by atoms with van der Waals surface area (Å²) in [6, 6.07) is 14.9. The molecular formula is C17H20BrNS. The zero-order valence-electron chi connectivity index (χ0n) is 12.1. The summed E-state index contributed by atoms with van der Waals surface area (Å²) in [4.78, 5) is 1.22. The maximum atomic E-state index is 5.75. The van der Waals surface area contributed by atoms with Crippen molar-refractivity contribution >= 4 is 33.4 Å². The van der Waals surface area contributed by atoms with Gasteiger partial charge in [0.05, 0.1) is 0 Å². The highest BCUT2D eigenvalue weighted by atomic mass is 79.9. The maximum Gasteiger partial charge on any atom is 0.0331 e. The van der Waals surface area contributed by atoms with Crippen molar-refractivity contribution in [3.63, 3.8) is 0 Å². The molecule has 106 valence electrons. The predicted molar refractivity (Wildman–Crippen MR) is 93.3 cm³/mol. The Bertz CT molecular complexity index is 585. The number of thioether (sulfide) groups is 1. The van der Waals surface area contributed by atoms with E-state index in [4.69, 9.17) is 5.73 Å². The van der Waals surface area contributed by atoms with Gasteiger partial charge in [-0.1, -0.05) is 45.0 Å². The SMILES string of the molecule is CC(C)(C)c1ccc(CSc2ccc(N)cc2Br)cc1. The predicted octanol–water partition coefficient (Wildman–Crippen LogP) is 5.62. The number of nitrogen functional groups attached to an aromatic ring is 1. The van der Waals surface area contributed by atoms with Crippen LogP contribution in [0.15, 0.2) is 51.8 Å². The Morgan fingerprint density at radius 2 is 1.70 bits per heavy atom. The van der Waals surface area contributed by atoms with Crippen molar-refractivity contribution in [3.8, 4) is 0 Å². The van der Waals surface area contributed by atoms with Gasteiger partial charge in [-0.15, -0.1) is 11.8 Å². The molecule has 3 heteroatoms. The molecule has 2 aromatic carbocycles. The molecule has 0 saturated heterocycles. The Balaban J connectivity index is 2.04. The van der Waals surface area contributed by atoms with E-state index in [0.29, 0.717) is 0 Å². The zero-order chi connectivity index (χ0) is 14.8. The lowest BCUT2D eigenvalue weighted by molar-refractivity contribution is 0.590. The summed E-state index contributed by atoms with van der Waals surface area (Å²) in [6.07, 6.45) is 0. The maximum absolute atomic E-state index is 5.75. The van der Waals surface area contributed by atoms with Crippen molar-refractivity contribution in [2.45, 2.75) is 36.8 Å². The van der Waals surface area contributed by atoms with E-state index in [1.54, 1.807) is 0 Å². The molecule has 0 aliphatic carbocycles. The first-order valence-electron chi connectivity index (χ1n) is 6.63. The van der Waals surface area contributed by atoms with Crippen molar-refractivity contribution < 1.29 is 0 Å². The highest BCUT2D eigenvalue weighted by molar-refractivity contribution is 9.10. The van der Waals surface area contributed by atoms with Crippen molar-refractivity contribution in [1.82, 2.24) is 0 Å². The molecule has 20 heavy (non-hydrogen) atoms. The third kappa shape index (κ3) is 4.03. The van der Waals surface area contributed by atoms with Gasteiger partial charge >= 0.3 is 0 Å². The fourth-order valence-electron chi connectivity index (χ4n) is 1.90. The van der Waals surface area contributed by atoms with Gasteiger partial charge in [-0.3, -0.25) is 0 Å². The van der Waals surface area contributed by atoms with Gasteiger partial charge in [0.2, 0.25) is 0 Å². The van der Waals surface area contributed by atoms with E-state index >= 15 is 0 Å². The van der Waals surface area contributed by atoms with E-state index in [1.807, 2.05) is 23.9 Å². The standard InChI is InChI=1S/C17H20BrNS/c1-17(2,3)13-6-4-12(5-7-13)11-20-16-9-8-14(19)10-15(16)18/h4-10H,11,19H2,1-3H3. The van der Waals surface area contributed by atoms with Crippen LogP contribution in [0.25, 0.3) is 0 Å². The van der Waals surface area contributed by atoms with Crippen LogP contribution in [-0.2, 0) is 11.2 Å². The molecule has 0 fully saturated rings. The Kier molecular flexibility index (Phi) is 4.82. The first-order chi connectivity index (χ1) is 9.36. The van der Waals surface area contributed by atoms with Gasteiger partial charge in [0.25, 0.3) is 0 Å². The highest BCUT2D eigenvalue weighted by Crippen LogP contribution is 2.32. The molecule has 2 rings (SSSR count). The monoisotopic (exact) mass is 349 g/mol. The van der Waals surface area contributed by atoms with Crippen LogP contribution in [0, 0.1) is 0 Å². The van der Waals surface area contributed by atoms with Crippen molar-refractivity contribution in [2.75, 3.05) is 5.73 Å². The van der Waals surface area contributed by atoms with Crippen LogP contribution in [0.1, 0.15) is 31.9 Å². The third-order valence-electron chi connectivity index (χ3n) is 3.17. The largest absolute Gasteiger partial charge is 0.399 e. The third-order valence-corrected chi connectivity index (χ3v) is 5.23. The van der Waals surface area contributed by atoms with Crippen LogP contribution in [0.5, 0.6) is 0 Å². The van der Waals surface area contributed by atoms with E-state index in [-0.39, 0.29) is 5.41 Å². The molecule has 1 nitrogen and oxygen atoms in total. The molecule has 0 unspecified atom stereocenters. The second-order valence-corrected chi connectivity index (χ2v) is 7.80. The highest BCUT2D eigenvalue weighted by Gasteiger charge is 2.12. The van der Waals surface area contributed by atoms with Crippen molar-refractivity contribution in [3.05, 3.63) is 58.1 Å². The van der Waals surface area contributed by atoms with Crippen LogP contribution in [0.3, 0.4) is 0 Å². The summed E-state index contributed by atoms with van der Waals surface area (Å²) in [7, 11) is 0. The van der Waals surface area contributed by atoms with Gasteiger partial charge in [-0.05, 0) is 50.7 Å². The molecule has 0 aliphatic rings. The summed E-state index contributed by atoms with van der Waals surface area (Å²) in [5.41, 5.74) is 9.47. The van der Waals surface area contributed by atoms with Crippen LogP contribution < -0.4 is 5.73 Å². The number of rotatable bonds is 3. The van der Waals surface area contributed by atoms with Crippen LogP contribution in [-0.4, -0.2) is 0 Å². The normalized spacial score (nSPS) is 11.6. The first kappa shape index (κ1) is 15.5. The molecule has 0 atom stereocenters. The number of halogens is 1. The lowest BCUT2D eigenvalue weighted by atomic mass is 9.87. The zero-order valence-corrected chi connectivity index (χ0v) is 14.5. The molecule has 0 radical (unpaired) electrons. The summed E-state index contributed by atoms with van der Waals surface area (Å²) in [5.74, 6) is 0.965. The fourth-order valence-corrected chi connectivity index (χ4v) is 3.51. The molecule has 2 N–H and O–H groups in total. The van der Waals surface area contributed by atoms with Crippen LogP contribution in [0.2, 0.25) is 0 Å². The number of anilines is 1. The van der Waals surface area contributed by atoms with Gasteiger partial charge < -0.3 is 5.73 Å². The Labute approximate surface area is 134 Å². The van der Waals surface area contributed by atoms with Crippen LogP contribution >= 0.6 is 27.7 Å². The van der Waals surface area contributed by atoms with E-state index in [2.05, 4.69) is 67.0 Å². The van der Waals surface area contributed by atoms with E-state index in [1.165, 1.54) is 16.0 Å². The smallest absolute Gasteiger partial charge is 0.0331 e. The van der Waals surface area contributed by atoms with Crippen molar-refractivity contribution in [1.29, 1.82) is 0 Å². The topological polar surface area (TPSA) is 26.0 Å². The molecule has 0 aromatic heterocycles. The van der Waals surface area contributed by atoms with Gasteiger partial charge in [0, 0.05) is 20.8 Å². The van der Waals surface area contributed by atoms with E-state index < -0.39 is 0 Å². The van der Waals surface area contributed by atoms with Gasteiger partial charge in [-0.2, -0.15) is 0 Å². The lowest BCUT2D eigenvalue weighted by Gasteiger charge is -2.19.